The molecular weight excluding hydrogens is 440 g/mol. The standard InChI is InChI=1S/C34H58O2/c1-5-9-11-13-15-17-19-21-23-25-27-35-33-29-32(8-4)34(30-31(33)7-3)36-28-26-24-22-20-18-16-14-12-10-6-2/h7-8,29-30H,3-6,9-28H2,1-2H3. The molecular formula is C34H58O2. The summed E-state index contributed by atoms with van der Waals surface area (Å²) < 4.78 is 12.3. The van der Waals surface area contributed by atoms with Crippen LogP contribution in [0.25, 0.3) is 12.2 Å². The van der Waals surface area contributed by atoms with E-state index in [1.165, 1.54) is 116 Å². The van der Waals surface area contributed by atoms with Gasteiger partial charge in [-0.15, -0.1) is 0 Å². The molecule has 1 aromatic rings. The maximum absolute atomic E-state index is 6.13. The second-order valence-corrected chi connectivity index (χ2v) is 10.4. The largest absolute Gasteiger partial charge is 0.493 e. The minimum Gasteiger partial charge on any atom is -0.493 e. The Balaban J connectivity index is 2.24. The first-order chi connectivity index (χ1) is 17.8. The highest BCUT2D eigenvalue weighted by Gasteiger charge is 2.09. The van der Waals surface area contributed by atoms with Gasteiger partial charge in [-0.2, -0.15) is 0 Å². The molecule has 0 fully saturated rings. The summed E-state index contributed by atoms with van der Waals surface area (Å²) >= 11 is 0. The Kier molecular flexibility index (Phi) is 21.3. The lowest BCUT2D eigenvalue weighted by atomic mass is 10.1. The van der Waals surface area contributed by atoms with Crippen molar-refractivity contribution in [2.24, 2.45) is 0 Å². The number of rotatable bonds is 26. The second kappa shape index (κ2) is 23.7. The van der Waals surface area contributed by atoms with E-state index in [0.29, 0.717) is 0 Å². The maximum atomic E-state index is 6.13. The van der Waals surface area contributed by atoms with E-state index in [1.54, 1.807) is 0 Å². The van der Waals surface area contributed by atoms with Gasteiger partial charge in [-0.25, -0.2) is 0 Å². The molecule has 0 saturated heterocycles. The molecule has 36 heavy (non-hydrogen) atoms. The van der Waals surface area contributed by atoms with Crippen LogP contribution in [0.2, 0.25) is 0 Å². The van der Waals surface area contributed by atoms with Crippen LogP contribution in [0.4, 0.5) is 0 Å². The van der Waals surface area contributed by atoms with Crippen LogP contribution in [0.5, 0.6) is 11.5 Å². The molecule has 0 atom stereocenters. The molecule has 0 radical (unpaired) electrons. The fourth-order valence-corrected chi connectivity index (χ4v) is 4.70. The van der Waals surface area contributed by atoms with Crippen LogP contribution in [-0.2, 0) is 0 Å². The van der Waals surface area contributed by atoms with Crippen LogP contribution in [0, 0.1) is 0 Å². The average Bonchev–Trinajstić information content (AvgIpc) is 2.90. The van der Waals surface area contributed by atoms with Crippen molar-refractivity contribution in [3.8, 4) is 11.5 Å². The summed E-state index contributed by atoms with van der Waals surface area (Å²) in [7, 11) is 0. The van der Waals surface area contributed by atoms with E-state index in [9.17, 15) is 0 Å². The Labute approximate surface area is 224 Å². The lowest BCUT2D eigenvalue weighted by molar-refractivity contribution is 0.295. The van der Waals surface area contributed by atoms with Gasteiger partial charge in [0.05, 0.1) is 13.2 Å². The SMILES string of the molecule is C=Cc1cc(OCCCCCCCCCCCC)c(C=C)cc1OCCCCCCCCCCCC. The summed E-state index contributed by atoms with van der Waals surface area (Å²) in [5.41, 5.74) is 2.01. The van der Waals surface area contributed by atoms with Crippen LogP contribution >= 0.6 is 0 Å². The smallest absolute Gasteiger partial charge is 0.127 e. The molecule has 206 valence electrons. The van der Waals surface area contributed by atoms with E-state index in [-0.39, 0.29) is 0 Å². The molecule has 0 amide bonds. The summed E-state index contributed by atoms with van der Waals surface area (Å²) in [6.45, 7) is 14.1. The molecule has 0 unspecified atom stereocenters. The first kappa shape index (κ1) is 32.3. The Hall–Kier alpha value is -1.70. The van der Waals surface area contributed by atoms with Gasteiger partial charge in [0.25, 0.3) is 0 Å². The molecule has 0 aliphatic carbocycles. The predicted octanol–water partition coefficient (Wildman–Crippen LogP) is 11.6. The molecule has 0 bridgehead atoms. The average molecular weight is 499 g/mol. The minimum absolute atomic E-state index is 0.757. The predicted molar refractivity (Wildman–Crippen MR) is 161 cm³/mol. The monoisotopic (exact) mass is 498 g/mol. The summed E-state index contributed by atoms with van der Waals surface area (Å²) in [5, 5.41) is 0. The highest BCUT2D eigenvalue weighted by molar-refractivity contribution is 5.66. The van der Waals surface area contributed by atoms with Gasteiger partial charge in [-0.05, 0) is 25.0 Å². The molecule has 0 aliphatic heterocycles. The molecule has 0 N–H and O–H groups in total. The number of hydrogen-bond acceptors (Lipinski definition) is 2. The fourth-order valence-electron chi connectivity index (χ4n) is 4.70. The van der Waals surface area contributed by atoms with Crippen molar-refractivity contribution in [1.82, 2.24) is 0 Å². The van der Waals surface area contributed by atoms with Crippen molar-refractivity contribution in [3.63, 3.8) is 0 Å². The zero-order chi connectivity index (χ0) is 26.1. The highest BCUT2D eigenvalue weighted by atomic mass is 16.5. The first-order valence-electron chi connectivity index (χ1n) is 15.4. The number of ether oxygens (including phenoxy) is 2. The quantitative estimate of drug-likeness (QED) is 0.118. The van der Waals surface area contributed by atoms with Crippen molar-refractivity contribution in [1.29, 1.82) is 0 Å². The molecule has 2 heteroatoms. The molecule has 2 nitrogen and oxygen atoms in total. The van der Waals surface area contributed by atoms with E-state index >= 15 is 0 Å². The molecule has 0 aliphatic rings. The lowest BCUT2D eigenvalue weighted by Crippen LogP contribution is -2.02. The van der Waals surface area contributed by atoms with E-state index in [1.807, 2.05) is 12.2 Å². The first-order valence-corrected chi connectivity index (χ1v) is 15.4. The third kappa shape index (κ3) is 16.1. The van der Waals surface area contributed by atoms with Crippen molar-refractivity contribution in [2.75, 3.05) is 13.2 Å². The van der Waals surface area contributed by atoms with E-state index < -0.39 is 0 Å². The van der Waals surface area contributed by atoms with Crippen LogP contribution in [-0.4, -0.2) is 13.2 Å². The third-order valence-corrected chi connectivity index (χ3v) is 7.09. The van der Waals surface area contributed by atoms with Gasteiger partial charge in [-0.1, -0.05) is 155 Å². The van der Waals surface area contributed by atoms with E-state index in [0.717, 1.165) is 48.7 Å². The number of hydrogen-bond donors (Lipinski definition) is 0. The van der Waals surface area contributed by atoms with Gasteiger partial charge in [0.1, 0.15) is 11.5 Å². The Morgan fingerprint density at radius 2 is 0.750 bits per heavy atom. The van der Waals surface area contributed by atoms with E-state index in [4.69, 9.17) is 9.47 Å². The molecule has 0 saturated carbocycles. The molecule has 0 spiro atoms. The number of benzene rings is 1. The zero-order valence-corrected chi connectivity index (χ0v) is 24.1. The Bertz CT molecular complexity index is 606. The third-order valence-electron chi connectivity index (χ3n) is 7.09. The van der Waals surface area contributed by atoms with Crippen molar-refractivity contribution >= 4 is 12.2 Å². The van der Waals surface area contributed by atoms with Crippen LogP contribution < -0.4 is 9.47 Å². The van der Waals surface area contributed by atoms with Gasteiger partial charge in [-0.3, -0.25) is 0 Å². The Morgan fingerprint density at radius 3 is 1.03 bits per heavy atom. The fraction of sp³-hybridized carbons (Fsp3) is 0.706. The van der Waals surface area contributed by atoms with Gasteiger partial charge in [0, 0.05) is 11.1 Å². The van der Waals surface area contributed by atoms with Crippen LogP contribution in [0.15, 0.2) is 25.3 Å². The number of unbranched alkanes of at least 4 members (excludes halogenated alkanes) is 18. The van der Waals surface area contributed by atoms with Gasteiger partial charge < -0.3 is 9.47 Å². The zero-order valence-electron chi connectivity index (χ0n) is 24.1. The van der Waals surface area contributed by atoms with Crippen molar-refractivity contribution in [3.05, 3.63) is 36.4 Å². The maximum Gasteiger partial charge on any atom is 0.127 e. The summed E-state index contributed by atoms with van der Waals surface area (Å²) in [6, 6.07) is 4.13. The lowest BCUT2D eigenvalue weighted by Gasteiger charge is -2.15. The van der Waals surface area contributed by atoms with Gasteiger partial charge >= 0.3 is 0 Å². The van der Waals surface area contributed by atoms with Crippen LogP contribution in [0.1, 0.15) is 153 Å². The topological polar surface area (TPSA) is 18.5 Å². The molecule has 0 heterocycles. The van der Waals surface area contributed by atoms with Crippen molar-refractivity contribution < 1.29 is 9.47 Å². The second-order valence-electron chi connectivity index (χ2n) is 10.4. The van der Waals surface area contributed by atoms with Crippen LogP contribution in [0.3, 0.4) is 0 Å². The minimum atomic E-state index is 0.757. The van der Waals surface area contributed by atoms with E-state index in [2.05, 4.69) is 39.1 Å². The van der Waals surface area contributed by atoms with Crippen molar-refractivity contribution in [2.45, 2.75) is 142 Å². The summed E-state index contributed by atoms with van der Waals surface area (Å²) in [4.78, 5) is 0. The van der Waals surface area contributed by atoms with Gasteiger partial charge in [0.2, 0.25) is 0 Å². The normalized spacial score (nSPS) is 10.9. The Morgan fingerprint density at radius 1 is 0.472 bits per heavy atom. The molecule has 1 rings (SSSR count). The summed E-state index contributed by atoms with van der Waals surface area (Å²) in [6.07, 6.45) is 30.4. The molecule has 1 aromatic carbocycles. The highest BCUT2D eigenvalue weighted by Crippen LogP contribution is 2.31. The molecule has 0 aromatic heterocycles. The van der Waals surface area contributed by atoms with Gasteiger partial charge in [0.15, 0.2) is 0 Å². The summed E-state index contributed by atoms with van der Waals surface area (Å²) in [5.74, 6) is 1.78.